The average Bonchev–Trinajstić information content (AvgIpc) is 3.10. The van der Waals surface area contributed by atoms with E-state index in [0.29, 0.717) is 6.54 Å². The van der Waals surface area contributed by atoms with Gasteiger partial charge in [0.2, 0.25) is 5.91 Å². The van der Waals surface area contributed by atoms with Gasteiger partial charge in [0.15, 0.2) is 0 Å². The fraction of sp³-hybridized carbons (Fsp3) is 0.214. The van der Waals surface area contributed by atoms with Gasteiger partial charge in [-0.1, -0.05) is 18.2 Å². The lowest BCUT2D eigenvalue weighted by Crippen LogP contribution is -2.14. The Balaban J connectivity index is 1.59. The molecule has 0 bridgehead atoms. The number of para-hydroxylation sites is 1. The molecule has 112 valence electrons. The van der Waals surface area contributed by atoms with Crippen molar-refractivity contribution in [3.63, 3.8) is 0 Å². The topological polar surface area (TPSA) is 85.6 Å². The van der Waals surface area contributed by atoms with Gasteiger partial charge in [-0.2, -0.15) is 0 Å². The van der Waals surface area contributed by atoms with Gasteiger partial charge < -0.3 is 5.32 Å². The molecule has 2 aromatic heterocycles. The van der Waals surface area contributed by atoms with Gasteiger partial charge in [0.05, 0.1) is 18.7 Å². The Kier molecular flexibility index (Phi) is 4.19. The summed E-state index contributed by atoms with van der Waals surface area (Å²) in [6.45, 7) is 2.34. The first-order valence-corrected chi connectivity index (χ1v) is 7.59. The van der Waals surface area contributed by atoms with Crippen molar-refractivity contribution in [1.82, 2.24) is 25.2 Å². The first kappa shape index (κ1) is 14.3. The van der Waals surface area contributed by atoms with Gasteiger partial charge in [-0.25, -0.2) is 9.67 Å². The smallest absolute Gasteiger partial charge is 0.231 e. The van der Waals surface area contributed by atoms with Crippen molar-refractivity contribution < 1.29 is 4.79 Å². The average molecular weight is 314 g/mol. The first-order valence-electron chi connectivity index (χ1n) is 6.71. The highest BCUT2D eigenvalue weighted by molar-refractivity contribution is 7.09. The number of nitrogens with zero attached hydrogens (tertiary/aromatic N) is 5. The molecule has 0 aliphatic heterocycles. The Labute approximate surface area is 131 Å². The second kappa shape index (κ2) is 6.44. The number of anilines is 1. The Morgan fingerprint density at radius 3 is 2.86 bits per heavy atom. The third-order valence-corrected chi connectivity index (χ3v) is 3.89. The molecule has 1 N–H and O–H groups in total. The van der Waals surface area contributed by atoms with E-state index in [1.165, 1.54) is 11.3 Å². The predicted octanol–water partition coefficient (Wildman–Crippen LogP) is 1.67. The van der Waals surface area contributed by atoms with E-state index >= 15 is 0 Å². The van der Waals surface area contributed by atoms with E-state index in [0.717, 1.165) is 22.2 Å². The lowest BCUT2D eigenvalue weighted by Gasteiger charge is -2.02. The molecule has 0 aliphatic rings. The fourth-order valence-corrected chi connectivity index (χ4v) is 2.70. The maximum atomic E-state index is 12.0. The van der Waals surface area contributed by atoms with Crippen LogP contribution in [0.25, 0.3) is 0 Å². The number of carbonyl (C=O) groups excluding carboxylic acids is 1. The van der Waals surface area contributed by atoms with Crippen molar-refractivity contribution in [2.45, 2.75) is 19.9 Å². The van der Waals surface area contributed by atoms with Gasteiger partial charge >= 0.3 is 0 Å². The number of tetrazole rings is 1. The minimum atomic E-state index is -0.0781. The number of hydrogen-bond donors (Lipinski definition) is 1. The maximum Gasteiger partial charge on any atom is 0.231 e. The minimum absolute atomic E-state index is 0.0781. The summed E-state index contributed by atoms with van der Waals surface area (Å²) < 4.78 is 1.67. The molecule has 0 fully saturated rings. The quantitative estimate of drug-likeness (QED) is 0.774. The van der Waals surface area contributed by atoms with Crippen molar-refractivity contribution in [2.24, 2.45) is 0 Å². The zero-order valence-electron chi connectivity index (χ0n) is 11.9. The van der Waals surface area contributed by atoms with Crippen molar-refractivity contribution in [3.05, 3.63) is 52.2 Å². The summed E-state index contributed by atoms with van der Waals surface area (Å²) >= 11 is 1.46. The Bertz CT molecular complexity index is 767. The van der Waals surface area contributed by atoms with Gasteiger partial charge in [-0.15, -0.1) is 16.4 Å². The van der Waals surface area contributed by atoms with E-state index < -0.39 is 0 Å². The summed E-state index contributed by atoms with van der Waals surface area (Å²) in [6.07, 6.45) is 0.258. The van der Waals surface area contributed by atoms with Crippen LogP contribution in [-0.4, -0.2) is 31.1 Å². The van der Waals surface area contributed by atoms with Crippen LogP contribution in [0, 0.1) is 6.92 Å². The highest BCUT2D eigenvalue weighted by atomic mass is 32.1. The second-order valence-electron chi connectivity index (χ2n) is 4.71. The molecule has 0 aliphatic carbocycles. The van der Waals surface area contributed by atoms with Crippen molar-refractivity contribution in [1.29, 1.82) is 0 Å². The third kappa shape index (κ3) is 3.53. The van der Waals surface area contributed by atoms with Crippen LogP contribution in [0.3, 0.4) is 0 Å². The molecular formula is C14H14N6OS. The van der Waals surface area contributed by atoms with E-state index in [-0.39, 0.29) is 12.3 Å². The number of benzene rings is 1. The second-order valence-corrected chi connectivity index (χ2v) is 5.65. The number of rotatable bonds is 5. The largest absolute Gasteiger partial charge is 0.326 e. The standard InChI is InChI=1S/C14H14N6OS/c1-10-17-18-19-20(10)8-12-9-22-14(16-12)7-13(21)15-11-5-3-2-4-6-11/h2-6,9H,7-8H2,1H3,(H,15,21). The molecule has 0 saturated carbocycles. The van der Waals surface area contributed by atoms with Gasteiger partial charge in [0.25, 0.3) is 0 Å². The molecule has 22 heavy (non-hydrogen) atoms. The Morgan fingerprint density at radius 1 is 1.32 bits per heavy atom. The van der Waals surface area contributed by atoms with Gasteiger partial charge in [0.1, 0.15) is 10.8 Å². The molecule has 8 heteroatoms. The van der Waals surface area contributed by atoms with Gasteiger partial charge in [-0.3, -0.25) is 4.79 Å². The van der Waals surface area contributed by atoms with Crippen molar-refractivity contribution >= 4 is 22.9 Å². The summed E-state index contributed by atoms with van der Waals surface area (Å²) in [5, 5.41) is 16.8. The highest BCUT2D eigenvalue weighted by Crippen LogP contribution is 2.13. The Morgan fingerprint density at radius 2 is 2.14 bits per heavy atom. The summed E-state index contributed by atoms with van der Waals surface area (Å²) in [4.78, 5) is 16.4. The van der Waals surface area contributed by atoms with E-state index in [4.69, 9.17) is 0 Å². The summed E-state index contributed by atoms with van der Waals surface area (Å²) in [7, 11) is 0. The maximum absolute atomic E-state index is 12.0. The number of aromatic nitrogens is 5. The molecule has 0 unspecified atom stereocenters. The molecule has 1 aromatic carbocycles. The zero-order chi connectivity index (χ0) is 15.4. The molecule has 7 nitrogen and oxygen atoms in total. The molecule has 1 amide bonds. The predicted molar refractivity (Wildman–Crippen MR) is 82.5 cm³/mol. The van der Waals surface area contributed by atoms with Crippen LogP contribution < -0.4 is 5.32 Å². The van der Waals surface area contributed by atoms with Crippen LogP contribution in [0.15, 0.2) is 35.7 Å². The SMILES string of the molecule is Cc1nnnn1Cc1csc(CC(=O)Nc2ccccc2)n1. The van der Waals surface area contributed by atoms with Gasteiger partial charge in [-0.05, 0) is 29.5 Å². The van der Waals surface area contributed by atoms with E-state index in [1.54, 1.807) is 4.68 Å². The minimum Gasteiger partial charge on any atom is -0.326 e. The molecule has 3 aromatic rings. The molecule has 0 radical (unpaired) electrons. The number of carbonyl (C=O) groups is 1. The Hall–Kier alpha value is -2.61. The van der Waals surface area contributed by atoms with Crippen LogP contribution in [0.2, 0.25) is 0 Å². The van der Waals surface area contributed by atoms with Crippen LogP contribution in [-0.2, 0) is 17.8 Å². The number of amides is 1. The highest BCUT2D eigenvalue weighted by Gasteiger charge is 2.10. The molecule has 0 atom stereocenters. The summed E-state index contributed by atoms with van der Waals surface area (Å²) in [5.74, 6) is 0.655. The lowest BCUT2D eigenvalue weighted by molar-refractivity contribution is -0.115. The van der Waals surface area contributed by atoms with Crippen LogP contribution in [0.4, 0.5) is 5.69 Å². The summed E-state index contributed by atoms with van der Waals surface area (Å²) in [6, 6.07) is 9.37. The number of nitrogens with one attached hydrogen (secondary N) is 1. The third-order valence-electron chi connectivity index (χ3n) is 2.99. The molecular weight excluding hydrogens is 300 g/mol. The van der Waals surface area contributed by atoms with Crippen LogP contribution in [0.5, 0.6) is 0 Å². The van der Waals surface area contributed by atoms with Crippen LogP contribution >= 0.6 is 11.3 Å². The van der Waals surface area contributed by atoms with Crippen molar-refractivity contribution in [2.75, 3.05) is 5.32 Å². The molecule has 2 heterocycles. The number of thiazole rings is 1. The monoisotopic (exact) mass is 314 g/mol. The summed E-state index contributed by atoms with van der Waals surface area (Å²) in [5.41, 5.74) is 1.64. The molecule has 0 spiro atoms. The lowest BCUT2D eigenvalue weighted by atomic mass is 10.3. The number of hydrogen-bond acceptors (Lipinski definition) is 6. The van der Waals surface area contributed by atoms with Gasteiger partial charge in [0, 0.05) is 11.1 Å². The normalized spacial score (nSPS) is 10.6. The van der Waals surface area contributed by atoms with Crippen molar-refractivity contribution in [3.8, 4) is 0 Å². The fourth-order valence-electron chi connectivity index (χ4n) is 1.92. The van der Waals surface area contributed by atoms with E-state index in [1.807, 2.05) is 42.6 Å². The van der Waals surface area contributed by atoms with E-state index in [2.05, 4.69) is 25.8 Å². The first-order chi connectivity index (χ1) is 10.7. The number of aryl methyl sites for hydroxylation is 1. The molecule has 3 rings (SSSR count). The zero-order valence-corrected chi connectivity index (χ0v) is 12.7. The van der Waals surface area contributed by atoms with Crippen LogP contribution in [0.1, 0.15) is 16.5 Å². The van der Waals surface area contributed by atoms with E-state index in [9.17, 15) is 4.79 Å². The molecule has 0 saturated heterocycles.